The third-order valence-electron chi connectivity index (χ3n) is 4.99. The van der Waals surface area contributed by atoms with Crippen LogP contribution in [0.4, 0.5) is 4.79 Å². The van der Waals surface area contributed by atoms with E-state index in [4.69, 9.17) is 9.63 Å². The van der Waals surface area contributed by atoms with Gasteiger partial charge in [-0.3, -0.25) is 4.79 Å². The van der Waals surface area contributed by atoms with E-state index < -0.39 is 33.5 Å². The van der Waals surface area contributed by atoms with Gasteiger partial charge in [-0.2, -0.15) is 0 Å². The maximum Gasteiger partial charge on any atom is 0.405 e. The molecule has 0 aliphatic carbocycles. The predicted molar refractivity (Wildman–Crippen MR) is 122 cm³/mol. The number of hydrogen-bond donors (Lipinski definition) is 3. The van der Waals surface area contributed by atoms with Crippen molar-refractivity contribution in [3.8, 4) is 22.4 Å². The molecular formula is C23H25N3O6S. The lowest BCUT2D eigenvalue weighted by molar-refractivity contribution is -0.123. The molecule has 0 fully saturated rings. The SMILES string of the molecule is Cc1onc(-c2ccccc2)c1-c1ccc(S(=O)(=O)NC(=O)C(NC(=O)O)C(C)(C)C)cc1. The van der Waals surface area contributed by atoms with Crippen molar-refractivity contribution < 1.29 is 27.6 Å². The van der Waals surface area contributed by atoms with Gasteiger partial charge in [0.1, 0.15) is 17.5 Å². The lowest BCUT2D eigenvalue weighted by Gasteiger charge is -2.29. The highest BCUT2D eigenvalue weighted by Crippen LogP contribution is 2.34. The second-order valence-electron chi connectivity index (χ2n) is 8.57. The number of amides is 2. The van der Waals surface area contributed by atoms with Crippen LogP contribution in [0.2, 0.25) is 0 Å². The number of rotatable bonds is 6. The topological polar surface area (TPSA) is 139 Å². The van der Waals surface area contributed by atoms with Crippen LogP contribution in [-0.2, 0) is 14.8 Å². The van der Waals surface area contributed by atoms with Gasteiger partial charge in [0.2, 0.25) is 0 Å². The molecule has 1 atom stereocenters. The first-order valence-corrected chi connectivity index (χ1v) is 11.6. The van der Waals surface area contributed by atoms with Gasteiger partial charge in [-0.15, -0.1) is 0 Å². The van der Waals surface area contributed by atoms with E-state index in [1.807, 2.05) is 35.1 Å². The molecule has 2 amide bonds. The van der Waals surface area contributed by atoms with E-state index in [1.54, 1.807) is 39.8 Å². The summed E-state index contributed by atoms with van der Waals surface area (Å²) >= 11 is 0. The highest BCUT2D eigenvalue weighted by Gasteiger charge is 2.35. The molecule has 174 valence electrons. The number of carbonyl (C=O) groups excluding carboxylic acids is 1. The average Bonchev–Trinajstić information content (AvgIpc) is 3.13. The number of aryl methyl sites for hydroxylation is 1. The van der Waals surface area contributed by atoms with Crippen LogP contribution in [0.1, 0.15) is 26.5 Å². The van der Waals surface area contributed by atoms with E-state index in [0.717, 1.165) is 11.1 Å². The van der Waals surface area contributed by atoms with Gasteiger partial charge in [0, 0.05) is 5.56 Å². The van der Waals surface area contributed by atoms with Crippen LogP contribution < -0.4 is 10.0 Å². The van der Waals surface area contributed by atoms with Crippen LogP contribution in [0, 0.1) is 12.3 Å². The van der Waals surface area contributed by atoms with Gasteiger partial charge in [0.25, 0.3) is 15.9 Å². The number of aromatic nitrogens is 1. The lowest BCUT2D eigenvalue weighted by atomic mass is 9.86. The summed E-state index contributed by atoms with van der Waals surface area (Å²) in [4.78, 5) is 23.5. The Morgan fingerprint density at radius 2 is 1.61 bits per heavy atom. The molecule has 9 nitrogen and oxygen atoms in total. The van der Waals surface area contributed by atoms with Gasteiger partial charge in [-0.05, 0) is 30.0 Å². The van der Waals surface area contributed by atoms with Crippen LogP contribution in [0.25, 0.3) is 22.4 Å². The molecule has 3 N–H and O–H groups in total. The quantitative estimate of drug-likeness (QED) is 0.497. The Kier molecular flexibility index (Phi) is 6.59. The van der Waals surface area contributed by atoms with Crippen LogP contribution in [-0.4, -0.2) is 36.7 Å². The number of hydrogen-bond acceptors (Lipinski definition) is 6. The Bertz CT molecular complexity index is 1260. The number of nitrogens with one attached hydrogen (secondary N) is 2. The van der Waals surface area contributed by atoms with E-state index in [1.165, 1.54) is 12.1 Å². The minimum atomic E-state index is -4.23. The zero-order valence-electron chi connectivity index (χ0n) is 18.6. The third kappa shape index (κ3) is 5.40. The highest BCUT2D eigenvalue weighted by molar-refractivity contribution is 7.90. The third-order valence-corrected chi connectivity index (χ3v) is 6.36. The Labute approximate surface area is 191 Å². The number of nitrogens with zero attached hydrogens (tertiary/aromatic N) is 1. The van der Waals surface area contributed by atoms with Crippen LogP contribution in [0.15, 0.2) is 64.0 Å². The molecule has 0 saturated carbocycles. The monoisotopic (exact) mass is 471 g/mol. The minimum absolute atomic E-state index is 0.141. The summed E-state index contributed by atoms with van der Waals surface area (Å²) in [5, 5.41) is 15.2. The molecule has 10 heteroatoms. The Morgan fingerprint density at radius 1 is 1.00 bits per heavy atom. The smallest absolute Gasteiger partial charge is 0.405 e. The highest BCUT2D eigenvalue weighted by atomic mass is 32.2. The first kappa shape index (κ1) is 24.0. The van der Waals surface area contributed by atoms with Crippen molar-refractivity contribution in [1.82, 2.24) is 15.2 Å². The van der Waals surface area contributed by atoms with Gasteiger partial charge in [0.05, 0.1) is 10.5 Å². The second-order valence-corrected chi connectivity index (χ2v) is 10.3. The average molecular weight is 472 g/mol. The lowest BCUT2D eigenvalue weighted by Crippen LogP contribution is -2.54. The Balaban J connectivity index is 1.88. The molecule has 0 aliphatic heterocycles. The van der Waals surface area contributed by atoms with Gasteiger partial charge < -0.3 is 14.9 Å². The molecule has 0 saturated heterocycles. The standard InChI is InChI=1S/C23H25N3O6S/c1-14-18(19(25-32-14)16-8-6-5-7-9-16)15-10-12-17(13-11-15)33(30,31)26-21(27)20(23(2,3)4)24-22(28)29/h5-13,20,24H,1-4H3,(H,26,27)(H,28,29). The van der Waals surface area contributed by atoms with Crippen molar-refractivity contribution in [1.29, 1.82) is 0 Å². The van der Waals surface area contributed by atoms with Crippen molar-refractivity contribution in [3.63, 3.8) is 0 Å². The largest absolute Gasteiger partial charge is 0.465 e. The summed E-state index contributed by atoms with van der Waals surface area (Å²) in [5.74, 6) is -0.388. The van der Waals surface area contributed by atoms with Crippen molar-refractivity contribution in [2.45, 2.75) is 38.6 Å². The number of carboxylic acid groups (broad SMARTS) is 1. The molecule has 3 rings (SSSR count). The molecular weight excluding hydrogens is 446 g/mol. The maximum atomic E-state index is 12.8. The summed E-state index contributed by atoms with van der Waals surface area (Å²) < 4.78 is 32.9. The molecule has 0 spiro atoms. The summed E-state index contributed by atoms with van der Waals surface area (Å²) in [6.07, 6.45) is -1.43. The summed E-state index contributed by atoms with van der Waals surface area (Å²) in [6, 6.07) is 14.1. The fraction of sp³-hybridized carbons (Fsp3) is 0.261. The normalized spacial score (nSPS) is 12.7. The molecule has 2 aromatic carbocycles. The molecule has 1 heterocycles. The number of carbonyl (C=O) groups is 2. The molecule has 1 aromatic heterocycles. The number of benzene rings is 2. The van der Waals surface area contributed by atoms with E-state index >= 15 is 0 Å². The van der Waals surface area contributed by atoms with Crippen LogP contribution >= 0.6 is 0 Å². The minimum Gasteiger partial charge on any atom is -0.465 e. The van der Waals surface area contributed by atoms with Gasteiger partial charge in [-0.25, -0.2) is 17.9 Å². The van der Waals surface area contributed by atoms with Crippen molar-refractivity contribution >= 4 is 22.0 Å². The molecule has 0 aliphatic rings. The molecule has 0 radical (unpaired) electrons. The van der Waals surface area contributed by atoms with E-state index in [-0.39, 0.29) is 4.90 Å². The summed E-state index contributed by atoms with van der Waals surface area (Å²) in [5.41, 5.74) is 2.06. The zero-order valence-corrected chi connectivity index (χ0v) is 19.4. The number of sulfonamides is 1. The summed E-state index contributed by atoms with van der Waals surface area (Å²) in [6.45, 7) is 6.64. The molecule has 3 aromatic rings. The maximum absolute atomic E-state index is 12.8. The molecule has 1 unspecified atom stereocenters. The first-order valence-electron chi connectivity index (χ1n) is 10.1. The molecule has 0 bridgehead atoms. The van der Waals surface area contributed by atoms with Crippen LogP contribution in [0.5, 0.6) is 0 Å². The first-order chi connectivity index (χ1) is 15.4. The van der Waals surface area contributed by atoms with Gasteiger partial charge >= 0.3 is 6.09 Å². The van der Waals surface area contributed by atoms with E-state index in [9.17, 15) is 18.0 Å². The predicted octanol–water partition coefficient (Wildman–Crippen LogP) is 3.80. The van der Waals surface area contributed by atoms with E-state index in [2.05, 4.69) is 10.5 Å². The summed E-state index contributed by atoms with van der Waals surface area (Å²) in [7, 11) is -4.23. The second kappa shape index (κ2) is 9.07. The van der Waals surface area contributed by atoms with Gasteiger partial charge in [-0.1, -0.05) is 68.4 Å². The van der Waals surface area contributed by atoms with E-state index in [0.29, 0.717) is 17.0 Å². The van der Waals surface area contributed by atoms with Crippen molar-refractivity contribution in [2.75, 3.05) is 0 Å². The fourth-order valence-corrected chi connectivity index (χ4v) is 4.35. The molecule has 33 heavy (non-hydrogen) atoms. The van der Waals surface area contributed by atoms with Crippen LogP contribution in [0.3, 0.4) is 0 Å². The van der Waals surface area contributed by atoms with Gasteiger partial charge in [0.15, 0.2) is 0 Å². The van der Waals surface area contributed by atoms with Crippen molar-refractivity contribution in [2.24, 2.45) is 5.41 Å². The zero-order chi connectivity index (χ0) is 24.4. The Hall–Kier alpha value is -3.66. The Morgan fingerprint density at radius 3 is 2.15 bits per heavy atom. The fourth-order valence-electron chi connectivity index (χ4n) is 3.36. The van der Waals surface area contributed by atoms with Crippen molar-refractivity contribution in [3.05, 3.63) is 60.4 Å².